The summed E-state index contributed by atoms with van der Waals surface area (Å²) in [6, 6.07) is 2.45. The van der Waals surface area contributed by atoms with Crippen molar-refractivity contribution in [1.29, 1.82) is 5.26 Å². The Bertz CT molecular complexity index is 417. The monoisotopic (exact) mass is 198 g/mol. The maximum absolute atomic E-state index is 10.4. The first kappa shape index (κ1) is 9.15. The molecule has 0 saturated carbocycles. The van der Waals surface area contributed by atoms with Gasteiger partial charge in [-0.05, 0) is 0 Å². The molecule has 0 aromatic carbocycles. The second-order valence-corrected chi connectivity index (χ2v) is 3.05. The molecule has 1 N–H and O–H groups in total. The molecule has 1 heterocycles. The van der Waals surface area contributed by atoms with Crippen LogP contribution in [0, 0.1) is 21.4 Å². The number of hydrogen-bond acceptors (Lipinski definition) is 5. The van der Waals surface area contributed by atoms with Gasteiger partial charge in [0.1, 0.15) is 10.9 Å². The molecule has 0 fully saturated rings. The van der Waals surface area contributed by atoms with Crippen LogP contribution in [0.4, 0.5) is 5.69 Å². The van der Waals surface area contributed by atoms with Crippen molar-refractivity contribution in [3.8, 4) is 6.07 Å². The van der Waals surface area contributed by atoms with E-state index in [0.29, 0.717) is 11.3 Å². The van der Waals surface area contributed by atoms with Crippen molar-refractivity contribution in [1.82, 2.24) is 0 Å². The SMILES string of the molecule is N#Cc1sc(C(=O)O)cc1[N+](=O)[O-]. The third-order valence-corrected chi connectivity index (χ3v) is 2.24. The van der Waals surface area contributed by atoms with E-state index >= 15 is 0 Å². The Morgan fingerprint density at radius 2 is 2.38 bits per heavy atom. The summed E-state index contributed by atoms with van der Waals surface area (Å²) < 4.78 is 0. The summed E-state index contributed by atoms with van der Waals surface area (Å²) in [5.74, 6) is -1.27. The minimum absolute atomic E-state index is 0.192. The van der Waals surface area contributed by atoms with Gasteiger partial charge in [0.15, 0.2) is 4.88 Å². The zero-order chi connectivity index (χ0) is 10.0. The highest BCUT2D eigenvalue weighted by Crippen LogP contribution is 2.27. The third kappa shape index (κ3) is 1.62. The van der Waals surface area contributed by atoms with Gasteiger partial charge in [0.05, 0.1) is 4.92 Å². The second kappa shape index (κ2) is 3.20. The number of nitro groups is 1. The highest BCUT2D eigenvalue weighted by Gasteiger charge is 2.21. The van der Waals surface area contributed by atoms with Crippen molar-refractivity contribution in [3.05, 3.63) is 25.9 Å². The zero-order valence-corrected chi connectivity index (χ0v) is 6.87. The number of rotatable bonds is 2. The molecule has 7 heteroatoms. The molecule has 6 nitrogen and oxygen atoms in total. The van der Waals surface area contributed by atoms with E-state index in [4.69, 9.17) is 10.4 Å². The third-order valence-electron chi connectivity index (χ3n) is 1.22. The van der Waals surface area contributed by atoms with E-state index in [1.165, 1.54) is 0 Å². The van der Waals surface area contributed by atoms with E-state index in [0.717, 1.165) is 6.07 Å². The molecule has 0 unspecified atom stereocenters. The molecule has 1 rings (SSSR count). The van der Waals surface area contributed by atoms with Crippen LogP contribution in [-0.4, -0.2) is 16.0 Å². The fourth-order valence-corrected chi connectivity index (χ4v) is 1.46. The number of carbonyl (C=O) groups is 1. The van der Waals surface area contributed by atoms with Crippen LogP contribution in [0.2, 0.25) is 0 Å². The maximum Gasteiger partial charge on any atom is 0.346 e. The van der Waals surface area contributed by atoms with Crippen LogP contribution in [-0.2, 0) is 0 Å². The summed E-state index contributed by atoms with van der Waals surface area (Å²) in [4.78, 5) is 19.5. The topological polar surface area (TPSA) is 104 Å². The molecule has 0 spiro atoms. The molecule has 0 aliphatic carbocycles. The highest BCUT2D eigenvalue weighted by atomic mass is 32.1. The summed E-state index contributed by atoms with van der Waals surface area (Å²) in [7, 11) is 0. The predicted octanol–water partition coefficient (Wildman–Crippen LogP) is 1.23. The number of aromatic carboxylic acids is 1. The van der Waals surface area contributed by atoms with Crippen molar-refractivity contribution in [2.75, 3.05) is 0 Å². The number of carboxylic acid groups (broad SMARTS) is 1. The number of nitriles is 1. The van der Waals surface area contributed by atoms with Gasteiger partial charge >= 0.3 is 5.97 Å². The van der Waals surface area contributed by atoms with Gasteiger partial charge in [-0.2, -0.15) is 5.26 Å². The van der Waals surface area contributed by atoms with E-state index in [1.807, 2.05) is 0 Å². The molecule has 1 aromatic rings. The van der Waals surface area contributed by atoms with Gasteiger partial charge < -0.3 is 5.11 Å². The Morgan fingerprint density at radius 1 is 1.77 bits per heavy atom. The Morgan fingerprint density at radius 3 is 2.69 bits per heavy atom. The summed E-state index contributed by atoms with van der Waals surface area (Å²) in [5.41, 5.74) is -0.454. The van der Waals surface area contributed by atoms with Crippen LogP contribution < -0.4 is 0 Å². The first-order valence-electron chi connectivity index (χ1n) is 2.98. The lowest BCUT2D eigenvalue weighted by Gasteiger charge is -1.81. The molecule has 0 atom stereocenters. The van der Waals surface area contributed by atoms with Crippen molar-refractivity contribution < 1.29 is 14.8 Å². The Hall–Kier alpha value is -1.94. The summed E-state index contributed by atoms with van der Waals surface area (Å²) >= 11 is 0.594. The molecule has 0 amide bonds. The molecule has 0 saturated heterocycles. The summed E-state index contributed by atoms with van der Waals surface area (Å²) in [5, 5.41) is 27.2. The molecular weight excluding hydrogens is 196 g/mol. The molecule has 0 aliphatic rings. The van der Waals surface area contributed by atoms with Crippen LogP contribution in [0.5, 0.6) is 0 Å². The zero-order valence-electron chi connectivity index (χ0n) is 6.05. The lowest BCUT2D eigenvalue weighted by atomic mass is 10.4. The van der Waals surface area contributed by atoms with Crippen LogP contribution in [0.3, 0.4) is 0 Å². The fraction of sp³-hybridized carbons (Fsp3) is 0. The van der Waals surface area contributed by atoms with Gasteiger partial charge in [-0.1, -0.05) is 0 Å². The first-order valence-corrected chi connectivity index (χ1v) is 3.79. The average Bonchev–Trinajstić information content (AvgIpc) is 2.47. The van der Waals surface area contributed by atoms with Crippen molar-refractivity contribution in [2.24, 2.45) is 0 Å². The number of thiophene rings is 1. The normalized spacial score (nSPS) is 9.15. The van der Waals surface area contributed by atoms with E-state index in [-0.39, 0.29) is 9.75 Å². The molecule has 0 aliphatic heterocycles. The lowest BCUT2D eigenvalue weighted by molar-refractivity contribution is -0.384. The minimum Gasteiger partial charge on any atom is -0.477 e. The van der Waals surface area contributed by atoms with Crippen LogP contribution >= 0.6 is 11.3 Å². The van der Waals surface area contributed by atoms with E-state index in [1.54, 1.807) is 6.07 Å². The van der Waals surface area contributed by atoms with Gasteiger partial charge in [0, 0.05) is 6.07 Å². The number of nitrogens with zero attached hydrogens (tertiary/aromatic N) is 2. The summed E-state index contributed by atoms with van der Waals surface area (Å²) in [6.45, 7) is 0. The van der Waals surface area contributed by atoms with Gasteiger partial charge in [-0.3, -0.25) is 10.1 Å². The smallest absolute Gasteiger partial charge is 0.346 e. The van der Waals surface area contributed by atoms with Gasteiger partial charge in [0.25, 0.3) is 5.69 Å². The molecule has 13 heavy (non-hydrogen) atoms. The second-order valence-electron chi connectivity index (χ2n) is 2.00. The average molecular weight is 198 g/mol. The number of carboxylic acids is 1. The Labute approximate surface area is 75.8 Å². The molecule has 66 valence electrons. The van der Waals surface area contributed by atoms with Crippen LogP contribution in [0.15, 0.2) is 6.07 Å². The minimum atomic E-state index is -1.27. The molecule has 0 bridgehead atoms. The first-order chi connectivity index (χ1) is 6.06. The molecule has 1 aromatic heterocycles. The summed E-state index contributed by atoms with van der Waals surface area (Å²) in [6.07, 6.45) is 0. The fourth-order valence-electron chi connectivity index (χ4n) is 0.703. The number of hydrogen-bond donors (Lipinski definition) is 1. The highest BCUT2D eigenvalue weighted by molar-refractivity contribution is 7.14. The van der Waals surface area contributed by atoms with Crippen molar-refractivity contribution in [3.63, 3.8) is 0 Å². The van der Waals surface area contributed by atoms with Gasteiger partial charge in [-0.25, -0.2) is 4.79 Å². The van der Waals surface area contributed by atoms with Gasteiger partial charge in [0.2, 0.25) is 0 Å². The van der Waals surface area contributed by atoms with E-state index in [2.05, 4.69) is 0 Å². The lowest BCUT2D eigenvalue weighted by Crippen LogP contribution is -1.91. The molecule has 0 radical (unpaired) electrons. The quantitative estimate of drug-likeness (QED) is 0.568. The van der Waals surface area contributed by atoms with Gasteiger partial charge in [-0.15, -0.1) is 11.3 Å². The van der Waals surface area contributed by atoms with Crippen molar-refractivity contribution in [2.45, 2.75) is 0 Å². The Kier molecular flexibility index (Phi) is 2.25. The molecular formula is C6H2N2O4S. The largest absolute Gasteiger partial charge is 0.477 e. The van der Waals surface area contributed by atoms with E-state index < -0.39 is 16.6 Å². The van der Waals surface area contributed by atoms with E-state index in [9.17, 15) is 14.9 Å². The van der Waals surface area contributed by atoms with Crippen molar-refractivity contribution >= 4 is 23.0 Å². The Balaban J connectivity index is 3.29. The maximum atomic E-state index is 10.4. The van der Waals surface area contributed by atoms with Crippen LogP contribution in [0.1, 0.15) is 14.5 Å². The van der Waals surface area contributed by atoms with Crippen LogP contribution in [0.25, 0.3) is 0 Å². The standard InChI is InChI=1S/C6H2N2O4S/c7-2-5-3(8(11)12)1-4(13-5)6(9)10/h1H,(H,9,10). The predicted molar refractivity (Wildman–Crippen MR) is 42.6 cm³/mol.